The van der Waals surface area contributed by atoms with Gasteiger partial charge in [-0.05, 0) is 86.6 Å². The van der Waals surface area contributed by atoms with E-state index in [2.05, 4.69) is 53.7 Å². The molecule has 1 aromatic rings. The van der Waals surface area contributed by atoms with E-state index in [0.29, 0.717) is 17.4 Å². The van der Waals surface area contributed by atoms with Gasteiger partial charge in [-0.2, -0.15) is 0 Å². The third-order valence-electron chi connectivity index (χ3n) is 9.32. The third kappa shape index (κ3) is 5.53. The Hall–Kier alpha value is -1.26. The van der Waals surface area contributed by atoms with Gasteiger partial charge < -0.3 is 14.5 Å². The molecular weight excluding hydrogens is 406 g/mol. The molecule has 0 N–H and O–H groups in total. The summed E-state index contributed by atoms with van der Waals surface area (Å²) in [7, 11) is 1.85. The molecule has 2 heterocycles. The lowest BCUT2D eigenvalue weighted by molar-refractivity contribution is 0.159. The van der Waals surface area contributed by atoms with Crippen molar-refractivity contribution in [2.75, 3.05) is 62.8 Å². The lowest BCUT2D eigenvalue weighted by Crippen LogP contribution is -2.47. The molecule has 4 nitrogen and oxygen atoms in total. The highest BCUT2D eigenvalue weighted by Gasteiger charge is 2.35. The normalized spacial score (nSPS) is 24.5. The van der Waals surface area contributed by atoms with Crippen molar-refractivity contribution >= 4 is 11.4 Å². The minimum atomic E-state index is 0.533. The molecule has 1 saturated carbocycles. The number of anilines is 2. The lowest BCUT2D eigenvalue weighted by atomic mass is 9.66. The maximum atomic E-state index is 5.57. The second-order valence-electron chi connectivity index (χ2n) is 11.0. The van der Waals surface area contributed by atoms with Crippen molar-refractivity contribution < 1.29 is 4.74 Å². The average Bonchev–Trinajstić information content (AvgIpc) is 3.33. The zero-order valence-electron chi connectivity index (χ0n) is 22.0. The number of ether oxygens (including phenoxy) is 1. The fraction of sp³-hybridized carbons (Fsp3) is 0.793. The molecule has 3 fully saturated rings. The molecule has 4 rings (SSSR count). The first kappa shape index (κ1) is 24.9. The summed E-state index contributed by atoms with van der Waals surface area (Å²) < 4.78 is 5.57. The van der Waals surface area contributed by atoms with Crippen molar-refractivity contribution in [1.82, 2.24) is 4.90 Å². The SMILES string of the molecule is CCCN1CCN(c2ccc(N3CCCC3COC)cc2C2CCC(CC)(CC)CC2)CC1. The van der Waals surface area contributed by atoms with Crippen LogP contribution in [0.2, 0.25) is 0 Å². The van der Waals surface area contributed by atoms with Crippen LogP contribution in [0.4, 0.5) is 11.4 Å². The van der Waals surface area contributed by atoms with Crippen LogP contribution in [0.3, 0.4) is 0 Å². The molecule has 0 aromatic heterocycles. The maximum Gasteiger partial charge on any atom is 0.0666 e. The monoisotopic (exact) mass is 455 g/mol. The topological polar surface area (TPSA) is 19.0 Å². The lowest BCUT2D eigenvalue weighted by Gasteiger charge is -2.42. The van der Waals surface area contributed by atoms with Gasteiger partial charge in [0.05, 0.1) is 12.6 Å². The van der Waals surface area contributed by atoms with Gasteiger partial charge in [0.15, 0.2) is 0 Å². The van der Waals surface area contributed by atoms with Crippen molar-refractivity contribution in [2.45, 2.75) is 90.5 Å². The van der Waals surface area contributed by atoms with E-state index in [0.717, 1.165) is 6.61 Å². The Labute approximate surface area is 203 Å². The molecule has 0 amide bonds. The molecule has 4 heteroatoms. The number of piperazine rings is 1. The molecule has 186 valence electrons. The molecule has 1 atom stereocenters. The molecule has 3 aliphatic rings. The summed E-state index contributed by atoms with van der Waals surface area (Å²) in [5.74, 6) is 0.711. The summed E-state index contributed by atoms with van der Waals surface area (Å²) in [6, 6.07) is 8.02. The summed E-state index contributed by atoms with van der Waals surface area (Å²) in [5.41, 5.74) is 5.20. The van der Waals surface area contributed by atoms with Crippen LogP contribution < -0.4 is 9.80 Å². The van der Waals surface area contributed by atoms with Gasteiger partial charge in [0.25, 0.3) is 0 Å². The van der Waals surface area contributed by atoms with Crippen LogP contribution in [-0.2, 0) is 4.74 Å². The van der Waals surface area contributed by atoms with Crippen LogP contribution >= 0.6 is 0 Å². The summed E-state index contributed by atoms with van der Waals surface area (Å²) >= 11 is 0. The maximum absolute atomic E-state index is 5.57. The van der Waals surface area contributed by atoms with Crippen LogP contribution in [0.25, 0.3) is 0 Å². The number of methoxy groups -OCH3 is 1. The van der Waals surface area contributed by atoms with Gasteiger partial charge in [0.2, 0.25) is 0 Å². The highest BCUT2D eigenvalue weighted by atomic mass is 16.5. The zero-order valence-corrected chi connectivity index (χ0v) is 22.0. The van der Waals surface area contributed by atoms with E-state index in [9.17, 15) is 0 Å². The Balaban J connectivity index is 1.58. The van der Waals surface area contributed by atoms with Gasteiger partial charge in [0.1, 0.15) is 0 Å². The van der Waals surface area contributed by atoms with Crippen molar-refractivity contribution in [3.8, 4) is 0 Å². The molecule has 1 aliphatic carbocycles. The van der Waals surface area contributed by atoms with Gasteiger partial charge in [-0.1, -0.05) is 33.6 Å². The van der Waals surface area contributed by atoms with E-state index in [1.165, 1.54) is 108 Å². The largest absolute Gasteiger partial charge is 0.383 e. The Morgan fingerprint density at radius 2 is 1.67 bits per heavy atom. The number of hydrogen-bond donors (Lipinski definition) is 0. The number of benzene rings is 1. The molecule has 1 aromatic carbocycles. The molecule has 0 spiro atoms. The zero-order chi connectivity index (χ0) is 23.3. The first-order chi connectivity index (χ1) is 16.1. The molecule has 1 unspecified atom stereocenters. The predicted octanol–water partition coefficient (Wildman–Crippen LogP) is 6.30. The average molecular weight is 456 g/mol. The van der Waals surface area contributed by atoms with Crippen molar-refractivity contribution in [3.63, 3.8) is 0 Å². The van der Waals surface area contributed by atoms with E-state index in [4.69, 9.17) is 4.74 Å². The van der Waals surface area contributed by atoms with E-state index in [1.54, 1.807) is 5.56 Å². The Bertz CT molecular complexity index is 728. The standard InChI is InChI=1S/C29H49N3O/c1-5-16-30-18-20-31(21-19-30)28-11-10-25(32-17-8-9-26(32)23-33-4)22-27(28)24-12-14-29(6-2,7-3)15-13-24/h10-11,22,24,26H,5-9,12-21,23H2,1-4H3. The third-order valence-corrected chi connectivity index (χ3v) is 9.32. The van der Waals surface area contributed by atoms with Gasteiger partial charge in [-0.15, -0.1) is 0 Å². The molecule has 0 bridgehead atoms. The van der Waals surface area contributed by atoms with Crippen molar-refractivity contribution in [1.29, 1.82) is 0 Å². The van der Waals surface area contributed by atoms with Crippen molar-refractivity contribution in [2.24, 2.45) is 5.41 Å². The molecule has 2 aliphatic heterocycles. The van der Waals surface area contributed by atoms with Gasteiger partial charge >= 0.3 is 0 Å². The smallest absolute Gasteiger partial charge is 0.0666 e. The quantitative estimate of drug-likeness (QED) is 0.435. The highest BCUT2D eigenvalue weighted by Crippen LogP contribution is 2.49. The summed E-state index contributed by atoms with van der Waals surface area (Å²) in [4.78, 5) is 7.96. The van der Waals surface area contributed by atoms with E-state index < -0.39 is 0 Å². The number of hydrogen-bond acceptors (Lipinski definition) is 4. The fourth-order valence-corrected chi connectivity index (χ4v) is 6.90. The minimum Gasteiger partial charge on any atom is -0.383 e. The van der Waals surface area contributed by atoms with Crippen LogP contribution in [0.1, 0.15) is 90.0 Å². The molecular formula is C29H49N3O. The highest BCUT2D eigenvalue weighted by molar-refractivity contribution is 5.64. The van der Waals surface area contributed by atoms with Crippen LogP contribution in [-0.4, -0.2) is 63.9 Å². The summed E-state index contributed by atoms with van der Waals surface area (Å²) in [5, 5.41) is 0. The second-order valence-corrected chi connectivity index (χ2v) is 11.0. The second kappa shape index (κ2) is 11.4. The number of rotatable bonds is 9. The van der Waals surface area contributed by atoms with Gasteiger partial charge in [-0.25, -0.2) is 0 Å². The Morgan fingerprint density at radius 3 is 2.30 bits per heavy atom. The van der Waals surface area contributed by atoms with Crippen LogP contribution in [0.15, 0.2) is 18.2 Å². The first-order valence-corrected chi connectivity index (χ1v) is 14.0. The van der Waals surface area contributed by atoms with Crippen molar-refractivity contribution in [3.05, 3.63) is 23.8 Å². The van der Waals surface area contributed by atoms with Gasteiger partial charge in [-0.3, -0.25) is 4.90 Å². The molecule has 33 heavy (non-hydrogen) atoms. The Kier molecular flexibility index (Phi) is 8.62. The van der Waals surface area contributed by atoms with Crippen LogP contribution in [0, 0.1) is 5.41 Å². The summed E-state index contributed by atoms with van der Waals surface area (Å²) in [6.07, 6.45) is 12.0. The van der Waals surface area contributed by atoms with Crippen LogP contribution in [0.5, 0.6) is 0 Å². The number of nitrogens with zero attached hydrogens (tertiary/aromatic N) is 3. The van der Waals surface area contributed by atoms with E-state index >= 15 is 0 Å². The molecule has 0 radical (unpaired) electrons. The first-order valence-electron chi connectivity index (χ1n) is 14.0. The molecule has 2 saturated heterocycles. The summed E-state index contributed by atoms with van der Waals surface area (Å²) in [6.45, 7) is 15.1. The predicted molar refractivity (Wildman–Crippen MR) is 142 cm³/mol. The minimum absolute atomic E-state index is 0.533. The van der Waals surface area contributed by atoms with E-state index in [-0.39, 0.29) is 0 Å². The van der Waals surface area contributed by atoms with E-state index in [1.807, 2.05) is 7.11 Å². The fourth-order valence-electron chi connectivity index (χ4n) is 6.90. The van der Waals surface area contributed by atoms with Gasteiger partial charge in [0, 0.05) is 51.2 Å². The Morgan fingerprint density at radius 1 is 0.939 bits per heavy atom.